The van der Waals surface area contributed by atoms with E-state index in [1.807, 2.05) is 35.2 Å². The van der Waals surface area contributed by atoms with Crippen LogP contribution in [-0.2, 0) is 14.3 Å². The summed E-state index contributed by atoms with van der Waals surface area (Å²) in [5, 5.41) is 10.6. The fourth-order valence-corrected chi connectivity index (χ4v) is 5.05. The number of morpholine rings is 1. The number of benzene rings is 2. The van der Waals surface area contributed by atoms with Crippen LogP contribution in [0.5, 0.6) is 0 Å². The molecule has 0 spiro atoms. The minimum Gasteiger partial charge on any atom is -0.481 e. The first-order valence-corrected chi connectivity index (χ1v) is 11.4. The monoisotopic (exact) mass is 461 g/mol. The predicted octanol–water partition coefficient (Wildman–Crippen LogP) is 5.67. The van der Waals surface area contributed by atoms with Gasteiger partial charge in [-0.25, -0.2) is 0 Å². The standard InChI is InChI=1S/C24H25Cl2NO4/c25-18-10-8-16(9-11-18)22-23(17-6-3-7-19(26)12-17)31-20(13-21(28)29)24(30)27(22)14-15-4-1-2-5-15/h3,6-12,15,20,22-23H,1-2,4-5,13-14H2,(H,28,29)/t20-,22-,23-/m1/s1. The minimum absolute atomic E-state index is 0.271. The van der Waals surface area contributed by atoms with Crippen molar-refractivity contribution in [3.8, 4) is 0 Å². The Kier molecular flexibility index (Phi) is 6.85. The van der Waals surface area contributed by atoms with E-state index in [9.17, 15) is 14.7 Å². The van der Waals surface area contributed by atoms with Crippen LogP contribution in [0, 0.1) is 5.92 Å². The number of hydrogen-bond acceptors (Lipinski definition) is 3. The number of halogens is 2. The van der Waals surface area contributed by atoms with Gasteiger partial charge in [0, 0.05) is 16.6 Å². The summed E-state index contributed by atoms with van der Waals surface area (Å²) in [4.78, 5) is 26.7. The molecular weight excluding hydrogens is 437 g/mol. The molecule has 1 aliphatic heterocycles. The van der Waals surface area contributed by atoms with E-state index < -0.39 is 24.2 Å². The van der Waals surface area contributed by atoms with Crippen molar-refractivity contribution in [2.45, 2.75) is 50.4 Å². The summed E-state index contributed by atoms with van der Waals surface area (Å²) >= 11 is 12.4. The Hall–Kier alpha value is -2.08. The first-order valence-electron chi connectivity index (χ1n) is 10.6. The van der Waals surface area contributed by atoms with Gasteiger partial charge in [-0.05, 0) is 54.2 Å². The largest absolute Gasteiger partial charge is 0.481 e. The van der Waals surface area contributed by atoms with Gasteiger partial charge >= 0.3 is 5.97 Å². The third-order valence-electron chi connectivity index (χ3n) is 6.17. The van der Waals surface area contributed by atoms with Crippen molar-refractivity contribution in [1.82, 2.24) is 4.90 Å². The van der Waals surface area contributed by atoms with Crippen molar-refractivity contribution in [3.63, 3.8) is 0 Å². The summed E-state index contributed by atoms with van der Waals surface area (Å²) in [5.41, 5.74) is 1.71. The van der Waals surface area contributed by atoms with E-state index in [0.717, 1.165) is 36.8 Å². The molecule has 0 radical (unpaired) electrons. The molecule has 1 aliphatic carbocycles. The highest BCUT2D eigenvalue weighted by Crippen LogP contribution is 2.44. The number of hydrogen-bond donors (Lipinski definition) is 1. The van der Waals surface area contributed by atoms with E-state index in [1.54, 1.807) is 18.2 Å². The average Bonchev–Trinajstić information content (AvgIpc) is 3.24. The Morgan fingerprint density at radius 2 is 1.74 bits per heavy atom. The fourth-order valence-electron chi connectivity index (χ4n) is 4.72. The van der Waals surface area contributed by atoms with Gasteiger partial charge in [-0.1, -0.05) is 60.3 Å². The van der Waals surface area contributed by atoms with E-state index in [1.165, 1.54) is 0 Å². The zero-order valence-corrected chi connectivity index (χ0v) is 18.6. The van der Waals surface area contributed by atoms with Gasteiger partial charge in [0.1, 0.15) is 12.2 Å². The molecule has 0 unspecified atom stereocenters. The van der Waals surface area contributed by atoms with Gasteiger partial charge in [-0.15, -0.1) is 0 Å². The number of carbonyl (C=O) groups is 2. The van der Waals surface area contributed by atoms with Gasteiger partial charge in [-0.2, -0.15) is 0 Å². The Morgan fingerprint density at radius 1 is 1.03 bits per heavy atom. The first-order chi connectivity index (χ1) is 14.9. The number of carbonyl (C=O) groups excluding carboxylic acids is 1. The number of carboxylic acids is 1. The maximum absolute atomic E-state index is 13.4. The summed E-state index contributed by atoms with van der Waals surface area (Å²) in [6.07, 6.45) is 2.52. The van der Waals surface area contributed by atoms with Crippen LogP contribution in [0.3, 0.4) is 0 Å². The summed E-state index contributed by atoms with van der Waals surface area (Å²) < 4.78 is 6.18. The number of carboxylic acid groups (broad SMARTS) is 1. The molecule has 0 bridgehead atoms. The summed E-state index contributed by atoms with van der Waals surface area (Å²) in [6, 6.07) is 14.3. The maximum Gasteiger partial charge on any atom is 0.306 e. The van der Waals surface area contributed by atoms with E-state index in [2.05, 4.69) is 0 Å². The maximum atomic E-state index is 13.4. The Balaban J connectivity index is 1.78. The van der Waals surface area contributed by atoms with Gasteiger partial charge in [0.2, 0.25) is 0 Å². The van der Waals surface area contributed by atoms with Crippen LogP contribution in [0.25, 0.3) is 0 Å². The molecule has 1 amide bonds. The zero-order chi connectivity index (χ0) is 22.0. The summed E-state index contributed by atoms with van der Waals surface area (Å²) in [5.74, 6) is -0.927. The Bertz CT molecular complexity index is 943. The molecule has 1 saturated heterocycles. The number of aliphatic carboxylic acids is 1. The van der Waals surface area contributed by atoms with Crippen LogP contribution in [0.4, 0.5) is 0 Å². The van der Waals surface area contributed by atoms with Crippen LogP contribution in [-0.4, -0.2) is 34.5 Å². The lowest BCUT2D eigenvalue weighted by atomic mass is 9.90. The second kappa shape index (κ2) is 9.60. The third-order valence-corrected chi connectivity index (χ3v) is 6.66. The molecule has 1 heterocycles. The molecule has 2 fully saturated rings. The smallest absolute Gasteiger partial charge is 0.306 e. The molecule has 5 nitrogen and oxygen atoms in total. The van der Waals surface area contributed by atoms with Crippen molar-refractivity contribution in [2.75, 3.05) is 6.54 Å². The van der Waals surface area contributed by atoms with Crippen molar-refractivity contribution in [2.24, 2.45) is 5.92 Å². The molecule has 1 saturated carbocycles. The van der Waals surface area contributed by atoms with Gasteiger partial charge < -0.3 is 14.7 Å². The van der Waals surface area contributed by atoms with Crippen molar-refractivity contribution in [1.29, 1.82) is 0 Å². The van der Waals surface area contributed by atoms with E-state index in [-0.39, 0.29) is 12.3 Å². The lowest BCUT2D eigenvalue weighted by molar-refractivity contribution is -0.180. The number of amides is 1. The second-order valence-corrected chi connectivity index (χ2v) is 9.21. The van der Waals surface area contributed by atoms with Crippen molar-refractivity contribution < 1.29 is 19.4 Å². The highest BCUT2D eigenvalue weighted by molar-refractivity contribution is 6.30. The van der Waals surface area contributed by atoms with Crippen LogP contribution in [0.2, 0.25) is 10.0 Å². The number of nitrogens with zero attached hydrogens (tertiary/aromatic N) is 1. The van der Waals surface area contributed by atoms with E-state index >= 15 is 0 Å². The van der Waals surface area contributed by atoms with Crippen LogP contribution < -0.4 is 0 Å². The summed E-state index contributed by atoms with van der Waals surface area (Å²) in [6.45, 7) is 0.586. The first kappa shape index (κ1) is 22.1. The molecule has 7 heteroatoms. The van der Waals surface area contributed by atoms with Gasteiger partial charge in [0.05, 0.1) is 12.5 Å². The topological polar surface area (TPSA) is 66.8 Å². The molecule has 164 valence electrons. The van der Waals surface area contributed by atoms with E-state index in [4.69, 9.17) is 27.9 Å². The molecule has 2 aliphatic rings. The minimum atomic E-state index is -1.06. The zero-order valence-electron chi connectivity index (χ0n) is 17.0. The lowest BCUT2D eigenvalue weighted by Crippen LogP contribution is -2.52. The molecular formula is C24H25Cl2NO4. The molecule has 2 aromatic rings. The fraction of sp³-hybridized carbons (Fsp3) is 0.417. The normalized spacial score (nSPS) is 24.5. The Morgan fingerprint density at radius 3 is 2.39 bits per heavy atom. The SMILES string of the molecule is O=C(O)C[C@H]1O[C@H](c2cccc(Cl)c2)[C@@H](c2ccc(Cl)cc2)N(CC2CCCC2)C1=O. The second-order valence-electron chi connectivity index (χ2n) is 8.34. The molecule has 0 aromatic heterocycles. The third kappa shape index (κ3) is 5.05. The Labute approximate surface area is 191 Å². The quantitative estimate of drug-likeness (QED) is 0.601. The number of ether oxygens (including phenoxy) is 1. The van der Waals surface area contributed by atoms with Gasteiger partial charge in [-0.3, -0.25) is 9.59 Å². The van der Waals surface area contributed by atoms with Crippen molar-refractivity contribution >= 4 is 35.1 Å². The molecule has 4 rings (SSSR count). The van der Waals surface area contributed by atoms with Crippen LogP contribution >= 0.6 is 23.2 Å². The highest BCUT2D eigenvalue weighted by Gasteiger charge is 2.45. The molecule has 3 atom stereocenters. The predicted molar refractivity (Wildman–Crippen MR) is 119 cm³/mol. The van der Waals surface area contributed by atoms with Gasteiger partial charge in [0.15, 0.2) is 0 Å². The lowest BCUT2D eigenvalue weighted by Gasteiger charge is -2.45. The van der Waals surface area contributed by atoms with E-state index in [0.29, 0.717) is 22.5 Å². The molecule has 31 heavy (non-hydrogen) atoms. The van der Waals surface area contributed by atoms with Gasteiger partial charge in [0.25, 0.3) is 5.91 Å². The molecule has 2 aromatic carbocycles. The van der Waals surface area contributed by atoms with Crippen LogP contribution in [0.15, 0.2) is 48.5 Å². The number of rotatable bonds is 6. The molecule has 1 N–H and O–H groups in total. The average molecular weight is 462 g/mol. The summed E-state index contributed by atoms with van der Waals surface area (Å²) in [7, 11) is 0. The highest BCUT2D eigenvalue weighted by atomic mass is 35.5. The van der Waals surface area contributed by atoms with Crippen LogP contribution in [0.1, 0.15) is 55.4 Å². The van der Waals surface area contributed by atoms with Crippen molar-refractivity contribution in [3.05, 3.63) is 69.7 Å².